The number of amides is 1. The molecule has 0 saturated heterocycles. The van der Waals surface area contributed by atoms with Crippen LogP contribution in [0.2, 0.25) is 0 Å². The second-order valence-corrected chi connectivity index (χ2v) is 7.09. The topological polar surface area (TPSA) is 103 Å². The summed E-state index contributed by atoms with van der Waals surface area (Å²) in [6, 6.07) is 21.0. The molecule has 0 saturated carbocycles. The van der Waals surface area contributed by atoms with Crippen molar-refractivity contribution in [2.24, 2.45) is 5.10 Å². The Morgan fingerprint density at radius 1 is 1.03 bits per heavy atom. The van der Waals surface area contributed by atoms with Gasteiger partial charge in [-0.15, -0.1) is 0 Å². The van der Waals surface area contributed by atoms with Crippen LogP contribution in [0.5, 0.6) is 11.5 Å². The third kappa shape index (κ3) is 6.66. The summed E-state index contributed by atoms with van der Waals surface area (Å²) in [6.45, 7) is 4.09. The normalized spacial score (nSPS) is 11.7. The van der Waals surface area contributed by atoms with Crippen LogP contribution in [0.15, 0.2) is 77.9 Å². The first-order valence-corrected chi connectivity index (χ1v) is 9.93. The van der Waals surface area contributed by atoms with Gasteiger partial charge in [-0.25, -0.2) is 5.43 Å². The van der Waals surface area contributed by atoms with Gasteiger partial charge in [-0.2, -0.15) is 5.10 Å². The van der Waals surface area contributed by atoms with E-state index in [9.17, 15) is 14.9 Å². The van der Waals surface area contributed by atoms with Gasteiger partial charge in [0.2, 0.25) is 0 Å². The molecule has 0 aromatic heterocycles. The van der Waals surface area contributed by atoms with Gasteiger partial charge in [-0.1, -0.05) is 29.8 Å². The fourth-order valence-electron chi connectivity index (χ4n) is 2.67. The zero-order valence-corrected chi connectivity index (χ0v) is 17.7. The Morgan fingerprint density at radius 3 is 2.28 bits per heavy atom. The van der Waals surface area contributed by atoms with E-state index >= 15 is 0 Å². The van der Waals surface area contributed by atoms with Crippen LogP contribution in [0.1, 0.15) is 23.6 Å². The summed E-state index contributed by atoms with van der Waals surface area (Å²) >= 11 is 0. The Kier molecular flexibility index (Phi) is 7.53. The monoisotopic (exact) mass is 433 g/mol. The second-order valence-electron chi connectivity index (χ2n) is 7.09. The van der Waals surface area contributed by atoms with Gasteiger partial charge in [0.05, 0.1) is 11.1 Å². The average molecular weight is 433 g/mol. The van der Waals surface area contributed by atoms with Gasteiger partial charge in [-0.05, 0) is 61.4 Å². The molecule has 8 heteroatoms. The van der Waals surface area contributed by atoms with Crippen molar-refractivity contribution in [1.29, 1.82) is 0 Å². The second kappa shape index (κ2) is 10.7. The molecule has 3 rings (SSSR count). The van der Waals surface area contributed by atoms with E-state index in [2.05, 4.69) is 10.5 Å². The minimum absolute atomic E-state index is 0.0503. The number of non-ortho nitro benzene ring substituents is 1. The van der Waals surface area contributed by atoms with E-state index in [0.29, 0.717) is 12.4 Å². The van der Waals surface area contributed by atoms with Crippen molar-refractivity contribution in [2.45, 2.75) is 26.6 Å². The van der Waals surface area contributed by atoms with E-state index in [0.717, 1.165) is 16.9 Å². The molecule has 0 radical (unpaired) electrons. The number of nitro groups is 1. The third-order valence-electron chi connectivity index (χ3n) is 4.52. The number of hydrogen-bond donors (Lipinski definition) is 1. The average Bonchev–Trinajstić information content (AvgIpc) is 2.80. The number of rotatable bonds is 9. The Morgan fingerprint density at radius 2 is 1.66 bits per heavy atom. The highest BCUT2D eigenvalue weighted by molar-refractivity contribution is 5.84. The van der Waals surface area contributed by atoms with Crippen molar-refractivity contribution in [3.8, 4) is 11.5 Å². The Hall–Kier alpha value is -4.20. The van der Waals surface area contributed by atoms with Gasteiger partial charge < -0.3 is 9.47 Å². The molecular weight excluding hydrogens is 410 g/mol. The van der Waals surface area contributed by atoms with Crippen molar-refractivity contribution in [3.05, 3.63) is 99.6 Å². The first kappa shape index (κ1) is 22.5. The van der Waals surface area contributed by atoms with Crippen LogP contribution >= 0.6 is 0 Å². The molecule has 8 nitrogen and oxygen atoms in total. The largest absolute Gasteiger partial charge is 0.489 e. The Bertz CT molecular complexity index is 1080. The maximum absolute atomic E-state index is 12.1. The Labute approximate surface area is 185 Å². The summed E-state index contributed by atoms with van der Waals surface area (Å²) in [5.41, 5.74) is 5.45. The summed E-state index contributed by atoms with van der Waals surface area (Å²) in [7, 11) is 0. The predicted octanol–water partition coefficient (Wildman–Crippen LogP) is 4.40. The number of nitro benzene ring substituents is 1. The van der Waals surface area contributed by atoms with Crippen LogP contribution in [-0.2, 0) is 11.4 Å². The molecule has 1 N–H and O–H groups in total. The Balaban J connectivity index is 1.45. The number of benzene rings is 3. The van der Waals surface area contributed by atoms with Gasteiger partial charge in [0.25, 0.3) is 11.6 Å². The molecule has 0 fully saturated rings. The van der Waals surface area contributed by atoms with Crippen LogP contribution in [0, 0.1) is 17.0 Å². The van der Waals surface area contributed by atoms with Gasteiger partial charge in [-0.3, -0.25) is 14.9 Å². The van der Waals surface area contributed by atoms with E-state index in [1.165, 1.54) is 36.0 Å². The number of nitrogens with zero attached hydrogens (tertiary/aromatic N) is 2. The molecule has 32 heavy (non-hydrogen) atoms. The SMILES string of the molecule is Cc1ccc(COc2ccc(/C=N\NC(=O)[C@H](C)Oc3ccc([N+](=O)[O-])cc3)cc2)cc1. The number of ether oxygens (including phenoxy) is 2. The highest BCUT2D eigenvalue weighted by atomic mass is 16.6. The lowest BCUT2D eigenvalue weighted by molar-refractivity contribution is -0.384. The minimum atomic E-state index is -0.828. The molecule has 3 aromatic carbocycles. The zero-order chi connectivity index (χ0) is 22.9. The van der Waals surface area contributed by atoms with Crippen molar-refractivity contribution in [3.63, 3.8) is 0 Å². The van der Waals surface area contributed by atoms with Crippen LogP contribution < -0.4 is 14.9 Å². The fraction of sp³-hybridized carbons (Fsp3) is 0.167. The standard InChI is InChI=1S/C24H23N3O5/c1-17-3-5-20(6-4-17)16-31-22-11-7-19(8-12-22)15-25-26-24(28)18(2)32-23-13-9-21(10-14-23)27(29)30/h3-15,18H,16H2,1-2H3,(H,26,28)/b25-15-/t18-/m0/s1. The lowest BCUT2D eigenvalue weighted by atomic mass is 10.2. The van der Waals surface area contributed by atoms with E-state index in [1.54, 1.807) is 6.92 Å². The number of carbonyl (C=O) groups is 1. The van der Waals surface area contributed by atoms with Crippen molar-refractivity contribution >= 4 is 17.8 Å². The number of nitrogens with one attached hydrogen (secondary N) is 1. The number of hydrazone groups is 1. The lowest BCUT2D eigenvalue weighted by Crippen LogP contribution is -2.33. The number of hydrogen-bond acceptors (Lipinski definition) is 6. The molecule has 0 aliphatic heterocycles. The molecule has 0 aliphatic carbocycles. The van der Waals surface area contributed by atoms with Gasteiger partial charge in [0.15, 0.2) is 6.10 Å². The van der Waals surface area contributed by atoms with Gasteiger partial charge in [0, 0.05) is 12.1 Å². The molecule has 3 aromatic rings. The van der Waals surface area contributed by atoms with Crippen LogP contribution in [0.3, 0.4) is 0 Å². The summed E-state index contributed by atoms with van der Waals surface area (Å²) in [5.74, 6) is 0.637. The maximum Gasteiger partial charge on any atom is 0.280 e. The lowest BCUT2D eigenvalue weighted by Gasteiger charge is -2.12. The third-order valence-corrected chi connectivity index (χ3v) is 4.52. The quantitative estimate of drug-likeness (QED) is 0.306. The van der Waals surface area contributed by atoms with E-state index in [-0.39, 0.29) is 5.69 Å². The van der Waals surface area contributed by atoms with E-state index in [4.69, 9.17) is 9.47 Å². The van der Waals surface area contributed by atoms with Crippen LogP contribution in [0.4, 0.5) is 5.69 Å². The molecule has 0 bridgehead atoms. The fourth-order valence-corrected chi connectivity index (χ4v) is 2.67. The molecule has 0 aliphatic rings. The molecular formula is C24H23N3O5. The summed E-state index contributed by atoms with van der Waals surface area (Å²) in [6.07, 6.45) is 0.687. The van der Waals surface area contributed by atoms with Crippen molar-refractivity contribution in [2.75, 3.05) is 0 Å². The van der Waals surface area contributed by atoms with Gasteiger partial charge in [0.1, 0.15) is 18.1 Å². The van der Waals surface area contributed by atoms with Gasteiger partial charge >= 0.3 is 0 Å². The number of carbonyl (C=O) groups excluding carboxylic acids is 1. The highest BCUT2D eigenvalue weighted by Crippen LogP contribution is 2.18. The maximum atomic E-state index is 12.1. The predicted molar refractivity (Wildman–Crippen MR) is 121 cm³/mol. The first-order chi connectivity index (χ1) is 15.4. The molecule has 1 atom stereocenters. The number of aryl methyl sites for hydroxylation is 1. The summed E-state index contributed by atoms with van der Waals surface area (Å²) in [5, 5.41) is 14.6. The summed E-state index contributed by atoms with van der Waals surface area (Å²) in [4.78, 5) is 22.3. The van der Waals surface area contributed by atoms with Crippen molar-refractivity contribution < 1.29 is 19.2 Å². The zero-order valence-electron chi connectivity index (χ0n) is 17.7. The van der Waals surface area contributed by atoms with E-state index in [1.807, 2.05) is 55.5 Å². The van der Waals surface area contributed by atoms with Crippen LogP contribution in [-0.4, -0.2) is 23.1 Å². The molecule has 0 unspecified atom stereocenters. The minimum Gasteiger partial charge on any atom is -0.489 e. The first-order valence-electron chi connectivity index (χ1n) is 9.93. The van der Waals surface area contributed by atoms with Crippen molar-refractivity contribution in [1.82, 2.24) is 5.43 Å². The molecule has 1 amide bonds. The molecule has 0 spiro atoms. The molecule has 0 heterocycles. The highest BCUT2D eigenvalue weighted by Gasteiger charge is 2.14. The molecule has 164 valence electrons. The van der Waals surface area contributed by atoms with Crippen LogP contribution in [0.25, 0.3) is 0 Å². The summed E-state index contributed by atoms with van der Waals surface area (Å²) < 4.78 is 11.2. The smallest absolute Gasteiger partial charge is 0.280 e. The van der Waals surface area contributed by atoms with E-state index < -0.39 is 16.9 Å².